The molecule has 7 heteroatoms. The summed E-state index contributed by atoms with van der Waals surface area (Å²) in [6, 6.07) is 13.5. The monoisotopic (exact) mass is 449 g/mol. The summed E-state index contributed by atoms with van der Waals surface area (Å²) in [5.74, 6) is -0.871. The predicted molar refractivity (Wildman–Crippen MR) is 123 cm³/mol. The number of halogens is 1. The maximum absolute atomic E-state index is 13.9. The molecule has 0 spiro atoms. The largest absolute Gasteiger partial charge is 0.466 e. The molecule has 3 heterocycles. The van der Waals surface area contributed by atoms with Crippen LogP contribution in [0, 0.1) is 11.7 Å². The average Bonchev–Trinajstić information content (AvgIpc) is 3.17. The van der Waals surface area contributed by atoms with Gasteiger partial charge >= 0.3 is 5.97 Å². The quantitative estimate of drug-likeness (QED) is 0.445. The summed E-state index contributed by atoms with van der Waals surface area (Å²) in [7, 11) is 0. The highest BCUT2D eigenvalue weighted by molar-refractivity contribution is 5.82. The van der Waals surface area contributed by atoms with Crippen LogP contribution in [0.15, 0.2) is 54.7 Å². The summed E-state index contributed by atoms with van der Waals surface area (Å²) in [4.78, 5) is 36.1. The van der Waals surface area contributed by atoms with Crippen LogP contribution in [0.3, 0.4) is 0 Å². The van der Waals surface area contributed by atoms with Gasteiger partial charge in [-0.1, -0.05) is 12.1 Å². The first kappa shape index (κ1) is 22.8. The number of benzene rings is 1. The minimum absolute atomic E-state index is 0.0155. The molecule has 1 saturated heterocycles. The molecule has 1 aromatic carbocycles. The molecule has 0 radical (unpaired) electrons. The lowest BCUT2D eigenvalue weighted by Crippen LogP contribution is -2.33. The highest BCUT2D eigenvalue weighted by Crippen LogP contribution is 2.34. The van der Waals surface area contributed by atoms with Crippen LogP contribution < -0.4 is 0 Å². The van der Waals surface area contributed by atoms with Crippen LogP contribution in [0.4, 0.5) is 4.39 Å². The van der Waals surface area contributed by atoms with Crippen LogP contribution in [-0.2, 0) is 20.7 Å². The zero-order valence-electron chi connectivity index (χ0n) is 18.7. The first-order chi connectivity index (χ1) is 16.0. The molecule has 33 heavy (non-hydrogen) atoms. The van der Waals surface area contributed by atoms with Crippen molar-refractivity contribution in [2.45, 2.75) is 45.1 Å². The van der Waals surface area contributed by atoms with Crippen molar-refractivity contribution in [2.75, 3.05) is 13.2 Å². The van der Waals surface area contributed by atoms with E-state index >= 15 is 0 Å². The highest BCUT2D eigenvalue weighted by atomic mass is 19.1. The fourth-order valence-electron chi connectivity index (χ4n) is 4.50. The van der Waals surface area contributed by atoms with Crippen molar-refractivity contribution in [3.05, 3.63) is 71.8 Å². The number of pyridine rings is 2. The molecule has 1 fully saturated rings. The number of aryl methyl sites for hydroxylation is 1. The van der Waals surface area contributed by atoms with Crippen LogP contribution in [0.1, 0.15) is 49.9 Å². The number of nitrogens with zero attached hydrogens (tertiary/aromatic N) is 3. The molecule has 0 saturated carbocycles. The Balaban J connectivity index is 1.40. The second-order valence-electron chi connectivity index (χ2n) is 8.34. The van der Waals surface area contributed by atoms with Crippen molar-refractivity contribution in [1.82, 2.24) is 14.9 Å². The van der Waals surface area contributed by atoms with Crippen LogP contribution in [0.2, 0.25) is 0 Å². The minimum atomic E-state index is -0.523. The van der Waals surface area contributed by atoms with E-state index in [0.29, 0.717) is 12.1 Å². The van der Waals surface area contributed by atoms with Gasteiger partial charge in [0.15, 0.2) is 5.65 Å². The number of hydrogen-bond donors (Lipinski definition) is 0. The van der Waals surface area contributed by atoms with Gasteiger partial charge in [-0.3, -0.25) is 9.59 Å². The van der Waals surface area contributed by atoms with Crippen LogP contribution >= 0.6 is 0 Å². The van der Waals surface area contributed by atoms with E-state index in [0.717, 1.165) is 42.4 Å². The van der Waals surface area contributed by atoms with Crippen molar-refractivity contribution in [1.29, 1.82) is 0 Å². The summed E-state index contributed by atoms with van der Waals surface area (Å²) in [6.07, 6.45) is 4.82. The average molecular weight is 450 g/mol. The third-order valence-corrected chi connectivity index (χ3v) is 6.13. The molecule has 1 aliphatic rings. The molecule has 2 aromatic heterocycles. The predicted octanol–water partition coefficient (Wildman–Crippen LogP) is 4.63. The van der Waals surface area contributed by atoms with E-state index in [4.69, 9.17) is 4.74 Å². The summed E-state index contributed by atoms with van der Waals surface area (Å²) >= 11 is 0. The van der Waals surface area contributed by atoms with E-state index < -0.39 is 6.04 Å². The molecule has 3 aromatic rings. The SMILES string of the molecule is CCOC(=O)C[C@@H](c1cccc(F)c1)N1CCC(CCCc2ccc3cccnc3n2)C1=O. The molecule has 1 unspecified atom stereocenters. The number of amides is 1. The molecule has 1 aliphatic heterocycles. The molecule has 0 N–H and O–H groups in total. The molecule has 172 valence electrons. The van der Waals surface area contributed by atoms with E-state index in [9.17, 15) is 14.0 Å². The Bertz CT molecular complexity index is 1140. The van der Waals surface area contributed by atoms with Gasteiger partial charge in [-0.05, 0) is 74.6 Å². The molecular weight excluding hydrogens is 421 g/mol. The van der Waals surface area contributed by atoms with Gasteiger partial charge in [0, 0.05) is 29.7 Å². The van der Waals surface area contributed by atoms with Crippen molar-refractivity contribution < 1.29 is 18.7 Å². The number of ether oxygens (including phenoxy) is 1. The summed E-state index contributed by atoms with van der Waals surface area (Å²) in [6.45, 7) is 2.55. The number of aromatic nitrogens is 2. The zero-order valence-corrected chi connectivity index (χ0v) is 18.7. The van der Waals surface area contributed by atoms with E-state index in [1.807, 2.05) is 24.3 Å². The molecule has 4 rings (SSSR count). The Kier molecular flexibility index (Phi) is 7.27. The Hall–Kier alpha value is -3.35. The number of hydrogen-bond acceptors (Lipinski definition) is 5. The number of carbonyl (C=O) groups excluding carboxylic acids is 2. The third kappa shape index (κ3) is 5.53. The lowest BCUT2D eigenvalue weighted by molar-refractivity contribution is -0.145. The second kappa shape index (κ2) is 10.5. The third-order valence-electron chi connectivity index (χ3n) is 6.13. The van der Waals surface area contributed by atoms with Crippen molar-refractivity contribution in [3.63, 3.8) is 0 Å². The summed E-state index contributed by atoms with van der Waals surface area (Å²) < 4.78 is 19.0. The zero-order chi connectivity index (χ0) is 23.2. The molecule has 2 atom stereocenters. The molecular formula is C26H28FN3O3. The lowest BCUT2D eigenvalue weighted by Gasteiger charge is -2.28. The van der Waals surface area contributed by atoms with E-state index in [1.165, 1.54) is 12.1 Å². The Morgan fingerprint density at radius 2 is 2.12 bits per heavy atom. The fourth-order valence-corrected chi connectivity index (χ4v) is 4.50. The smallest absolute Gasteiger partial charge is 0.308 e. The van der Waals surface area contributed by atoms with Gasteiger partial charge in [-0.25, -0.2) is 14.4 Å². The maximum atomic E-state index is 13.9. The van der Waals surface area contributed by atoms with Gasteiger partial charge in [-0.15, -0.1) is 0 Å². The first-order valence-corrected chi connectivity index (χ1v) is 11.5. The Morgan fingerprint density at radius 1 is 1.24 bits per heavy atom. The lowest BCUT2D eigenvalue weighted by atomic mass is 9.98. The number of fused-ring (bicyclic) bond motifs is 1. The van der Waals surface area contributed by atoms with E-state index in [2.05, 4.69) is 9.97 Å². The fraction of sp³-hybridized carbons (Fsp3) is 0.385. The number of carbonyl (C=O) groups is 2. The maximum Gasteiger partial charge on any atom is 0.308 e. The molecule has 0 aliphatic carbocycles. The normalized spacial score (nSPS) is 16.8. The summed E-state index contributed by atoms with van der Waals surface area (Å²) in [5, 5.41) is 1.01. The Morgan fingerprint density at radius 3 is 2.94 bits per heavy atom. The Labute approximate surface area is 192 Å². The molecule has 0 bridgehead atoms. The number of likely N-dealkylation sites (tertiary alicyclic amines) is 1. The van der Waals surface area contributed by atoms with Gasteiger partial charge in [0.2, 0.25) is 5.91 Å². The van der Waals surface area contributed by atoms with Crippen LogP contribution in [-0.4, -0.2) is 39.9 Å². The van der Waals surface area contributed by atoms with Gasteiger partial charge in [0.05, 0.1) is 19.1 Å². The van der Waals surface area contributed by atoms with Crippen molar-refractivity contribution in [2.24, 2.45) is 5.92 Å². The van der Waals surface area contributed by atoms with E-state index in [1.54, 1.807) is 30.2 Å². The van der Waals surface area contributed by atoms with Crippen molar-refractivity contribution >= 4 is 22.9 Å². The number of esters is 1. The highest BCUT2D eigenvalue weighted by Gasteiger charge is 2.37. The minimum Gasteiger partial charge on any atom is -0.466 e. The van der Waals surface area contributed by atoms with Gasteiger partial charge < -0.3 is 9.64 Å². The first-order valence-electron chi connectivity index (χ1n) is 11.5. The van der Waals surface area contributed by atoms with Crippen molar-refractivity contribution in [3.8, 4) is 0 Å². The van der Waals surface area contributed by atoms with Crippen LogP contribution in [0.5, 0.6) is 0 Å². The summed E-state index contributed by atoms with van der Waals surface area (Å²) in [5.41, 5.74) is 2.31. The van der Waals surface area contributed by atoms with Crippen LogP contribution in [0.25, 0.3) is 11.0 Å². The topological polar surface area (TPSA) is 72.4 Å². The van der Waals surface area contributed by atoms with E-state index in [-0.39, 0.29) is 36.6 Å². The second-order valence-corrected chi connectivity index (χ2v) is 8.34. The number of rotatable bonds is 9. The van der Waals surface area contributed by atoms with Gasteiger partial charge in [-0.2, -0.15) is 0 Å². The van der Waals surface area contributed by atoms with Gasteiger partial charge in [0.1, 0.15) is 5.82 Å². The molecule has 1 amide bonds. The van der Waals surface area contributed by atoms with Gasteiger partial charge in [0.25, 0.3) is 0 Å². The standard InChI is InChI=1S/C26H28FN3O3/c1-2-33-24(31)17-23(20-7-3-9-21(27)16-20)30-15-13-19(26(30)32)6-4-10-22-12-11-18-8-5-14-28-25(18)29-22/h3,5,7-9,11-12,14,16,19,23H,2,4,6,10,13,15,17H2,1H3/t19?,23-/m0/s1. The molecule has 6 nitrogen and oxygen atoms in total.